The van der Waals surface area contributed by atoms with Crippen molar-refractivity contribution in [2.45, 2.75) is 13.5 Å². The first-order valence-corrected chi connectivity index (χ1v) is 4.89. The van der Waals surface area contributed by atoms with Crippen molar-refractivity contribution in [3.05, 3.63) is 34.9 Å². The highest BCUT2D eigenvalue weighted by molar-refractivity contribution is 5.89. The maximum Gasteiger partial charge on any atom is 0.337 e. The molecule has 0 aliphatic rings. The van der Waals surface area contributed by atoms with Crippen LogP contribution in [-0.4, -0.2) is 19.0 Å². The van der Waals surface area contributed by atoms with Gasteiger partial charge in [-0.1, -0.05) is 12.0 Å². The van der Waals surface area contributed by atoms with Crippen molar-refractivity contribution in [3.63, 3.8) is 0 Å². The summed E-state index contributed by atoms with van der Waals surface area (Å²) in [4.78, 5) is 22.0. The van der Waals surface area contributed by atoms with Gasteiger partial charge in [-0.25, -0.2) is 4.79 Å². The predicted molar refractivity (Wildman–Crippen MR) is 61.2 cm³/mol. The average Bonchev–Trinajstić information content (AvgIpc) is 2.34. The SMILES string of the molecule is C#Cc1cc(C(=O)OC)ccc1COC(C)=O. The second-order valence-electron chi connectivity index (χ2n) is 3.29. The Bertz CT molecular complexity index is 483. The lowest BCUT2D eigenvalue weighted by Crippen LogP contribution is -2.05. The Morgan fingerprint density at radius 2 is 2.12 bits per heavy atom. The molecule has 17 heavy (non-hydrogen) atoms. The Morgan fingerprint density at radius 1 is 1.41 bits per heavy atom. The molecule has 0 spiro atoms. The van der Waals surface area contributed by atoms with Crippen molar-refractivity contribution in [3.8, 4) is 12.3 Å². The molecule has 4 heteroatoms. The number of benzene rings is 1. The number of esters is 2. The van der Waals surface area contributed by atoms with Gasteiger partial charge in [0, 0.05) is 18.1 Å². The Kier molecular flexibility index (Phi) is 4.29. The molecule has 1 aromatic carbocycles. The molecular weight excluding hydrogens is 220 g/mol. The number of ether oxygens (including phenoxy) is 2. The molecule has 0 bridgehead atoms. The average molecular weight is 232 g/mol. The molecule has 0 unspecified atom stereocenters. The fourth-order valence-electron chi connectivity index (χ4n) is 1.26. The van der Waals surface area contributed by atoms with E-state index in [-0.39, 0.29) is 12.6 Å². The summed E-state index contributed by atoms with van der Waals surface area (Å²) in [5, 5.41) is 0. The van der Waals surface area contributed by atoms with E-state index in [1.807, 2.05) is 0 Å². The van der Waals surface area contributed by atoms with E-state index in [0.29, 0.717) is 16.7 Å². The van der Waals surface area contributed by atoms with E-state index in [4.69, 9.17) is 11.2 Å². The maximum absolute atomic E-state index is 11.3. The molecule has 4 nitrogen and oxygen atoms in total. The summed E-state index contributed by atoms with van der Waals surface area (Å²) in [5.41, 5.74) is 1.55. The van der Waals surface area contributed by atoms with E-state index in [1.54, 1.807) is 12.1 Å². The summed E-state index contributed by atoms with van der Waals surface area (Å²) in [7, 11) is 1.30. The Labute approximate surface area is 99.5 Å². The number of methoxy groups -OCH3 is 1. The Balaban J connectivity index is 2.98. The molecule has 0 amide bonds. The molecular formula is C13H12O4. The molecule has 0 aliphatic carbocycles. The Hall–Kier alpha value is -2.28. The van der Waals surface area contributed by atoms with Gasteiger partial charge in [-0.3, -0.25) is 4.79 Å². The van der Waals surface area contributed by atoms with E-state index in [1.165, 1.54) is 20.1 Å². The van der Waals surface area contributed by atoms with Gasteiger partial charge in [-0.05, 0) is 12.1 Å². The normalized spacial score (nSPS) is 9.24. The lowest BCUT2D eigenvalue weighted by molar-refractivity contribution is -0.142. The van der Waals surface area contributed by atoms with Crippen LogP contribution < -0.4 is 0 Å². The molecule has 0 atom stereocenters. The molecule has 0 N–H and O–H groups in total. The molecule has 0 saturated carbocycles. The number of rotatable bonds is 3. The first-order chi connectivity index (χ1) is 8.08. The zero-order valence-corrected chi connectivity index (χ0v) is 9.65. The van der Waals surface area contributed by atoms with Crippen LogP contribution in [0.15, 0.2) is 18.2 Å². The third-order valence-corrected chi connectivity index (χ3v) is 2.12. The lowest BCUT2D eigenvalue weighted by atomic mass is 10.0. The summed E-state index contributed by atoms with van der Waals surface area (Å²) in [5.74, 6) is 1.60. The van der Waals surface area contributed by atoms with Crippen LogP contribution in [0.4, 0.5) is 0 Å². The van der Waals surface area contributed by atoms with Crippen LogP contribution in [0.1, 0.15) is 28.4 Å². The monoisotopic (exact) mass is 232 g/mol. The van der Waals surface area contributed by atoms with Crippen LogP contribution >= 0.6 is 0 Å². The summed E-state index contributed by atoms with van der Waals surface area (Å²) in [6.45, 7) is 1.41. The largest absolute Gasteiger partial charge is 0.465 e. The number of hydrogen-bond acceptors (Lipinski definition) is 4. The molecule has 88 valence electrons. The van der Waals surface area contributed by atoms with E-state index in [9.17, 15) is 9.59 Å². The molecule has 0 saturated heterocycles. The van der Waals surface area contributed by atoms with E-state index < -0.39 is 5.97 Å². The predicted octanol–water partition coefficient (Wildman–Crippen LogP) is 1.52. The Morgan fingerprint density at radius 3 is 2.65 bits per heavy atom. The van der Waals surface area contributed by atoms with E-state index in [0.717, 1.165) is 0 Å². The molecule has 0 heterocycles. The van der Waals surface area contributed by atoms with Crippen molar-refractivity contribution in [1.29, 1.82) is 0 Å². The minimum atomic E-state index is -0.458. The zero-order valence-electron chi connectivity index (χ0n) is 9.65. The van der Waals surface area contributed by atoms with Gasteiger partial charge in [0.2, 0.25) is 0 Å². The van der Waals surface area contributed by atoms with Gasteiger partial charge < -0.3 is 9.47 Å². The maximum atomic E-state index is 11.3. The number of carbonyl (C=O) groups excluding carboxylic acids is 2. The van der Waals surface area contributed by atoms with Crippen molar-refractivity contribution in [2.75, 3.05) is 7.11 Å². The fourth-order valence-corrected chi connectivity index (χ4v) is 1.26. The standard InChI is InChI=1S/C13H12O4/c1-4-10-7-11(13(15)16-3)5-6-12(10)8-17-9(2)14/h1,5-7H,8H2,2-3H3. The highest BCUT2D eigenvalue weighted by Gasteiger charge is 2.09. The molecule has 0 radical (unpaired) electrons. The van der Waals surface area contributed by atoms with Gasteiger partial charge in [0.05, 0.1) is 12.7 Å². The van der Waals surface area contributed by atoms with Crippen LogP contribution in [-0.2, 0) is 20.9 Å². The van der Waals surface area contributed by atoms with Crippen molar-refractivity contribution >= 4 is 11.9 Å². The first kappa shape index (κ1) is 12.8. The molecule has 1 aromatic rings. The zero-order chi connectivity index (χ0) is 12.8. The minimum absolute atomic E-state index is 0.0936. The van der Waals surface area contributed by atoms with Gasteiger partial charge in [0.1, 0.15) is 6.61 Å². The van der Waals surface area contributed by atoms with Crippen LogP contribution in [0.2, 0.25) is 0 Å². The quantitative estimate of drug-likeness (QED) is 0.585. The van der Waals surface area contributed by atoms with Crippen molar-refractivity contribution in [2.24, 2.45) is 0 Å². The minimum Gasteiger partial charge on any atom is -0.465 e. The molecule has 1 rings (SSSR count). The topological polar surface area (TPSA) is 52.6 Å². The summed E-state index contributed by atoms with van der Waals surface area (Å²) < 4.78 is 9.43. The second-order valence-corrected chi connectivity index (χ2v) is 3.29. The van der Waals surface area contributed by atoms with Crippen molar-refractivity contribution in [1.82, 2.24) is 0 Å². The van der Waals surface area contributed by atoms with Gasteiger partial charge in [0.25, 0.3) is 0 Å². The smallest absolute Gasteiger partial charge is 0.337 e. The lowest BCUT2D eigenvalue weighted by Gasteiger charge is -2.07. The number of hydrogen-bond donors (Lipinski definition) is 0. The molecule has 0 fully saturated rings. The van der Waals surface area contributed by atoms with Crippen LogP contribution in [0.5, 0.6) is 0 Å². The third-order valence-electron chi connectivity index (χ3n) is 2.12. The number of terminal acetylenes is 1. The van der Waals surface area contributed by atoms with Crippen LogP contribution in [0.3, 0.4) is 0 Å². The number of carbonyl (C=O) groups is 2. The van der Waals surface area contributed by atoms with Gasteiger partial charge in [-0.2, -0.15) is 0 Å². The van der Waals surface area contributed by atoms with Gasteiger partial charge in [0.15, 0.2) is 0 Å². The summed E-state index contributed by atoms with van der Waals surface area (Å²) in [6, 6.07) is 4.75. The summed E-state index contributed by atoms with van der Waals surface area (Å²) in [6.07, 6.45) is 5.32. The van der Waals surface area contributed by atoms with Gasteiger partial charge >= 0.3 is 11.9 Å². The first-order valence-electron chi connectivity index (χ1n) is 4.89. The second kappa shape index (κ2) is 5.71. The highest BCUT2D eigenvalue weighted by atomic mass is 16.5. The van der Waals surface area contributed by atoms with E-state index >= 15 is 0 Å². The van der Waals surface area contributed by atoms with Crippen LogP contribution in [0.25, 0.3) is 0 Å². The molecule has 0 aliphatic heterocycles. The van der Waals surface area contributed by atoms with Crippen molar-refractivity contribution < 1.29 is 19.1 Å². The fraction of sp³-hybridized carbons (Fsp3) is 0.231. The van der Waals surface area contributed by atoms with E-state index in [2.05, 4.69) is 10.7 Å². The third kappa shape index (κ3) is 3.35. The summed E-state index contributed by atoms with van der Waals surface area (Å²) >= 11 is 0. The highest BCUT2D eigenvalue weighted by Crippen LogP contribution is 2.13. The van der Waals surface area contributed by atoms with Crippen LogP contribution in [0, 0.1) is 12.3 Å². The van der Waals surface area contributed by atoms with Gasteiger partial charge in [-0.15, -0.1) is 6.42 Å². The molecule has 0 aromatic heterocycles.